The third-order valence-electron chi connectivity index (χ3n) is 11.4. The number of aliphatic hydroxyl groups excluding tert-OH is 1. The summed E-state index contributed by atoms with van der Waals surface area (Å²) in [6.07, 6.45) is 51.8. The van der Waals surface area contributed by atoms with Gasteiger partial charge in [-0.2, -0.15) is 0 Å². The second-order valence-corrected chi connectivity index (χ2v) is 20.0. The Kier molecular flexibility index (Phi) is 41.6. The van der Waals surface area contributed by atoms with Crippen LogP contribution in [-0.4, -0.2) is 73.4 Å². The average molecular weight is 856 g/mol. The number of phosphoric ester groups is 1. The fourth-order valence-corrected chi connectivity index (χ4v) is 8.15. The molecule has 0 aromatic heterocycles. The van der Waals surface area contributed by atoms with Gasteiger partial charge < -0.3 is 19.8 Å². The predicted octanol–water partition coefficient (Wildman–Crippen LogP) is 14.5. The number of nitrogens with zero attached hydrogens (tertiary/aromatic N) is 1. The van der Waals surface area contributed by atoms with Crippen LogP contribution >= 0.6 is 7.82 Å². The van der Waals surface area contributed by atoms with Crippen molar-refractivity contribution in [2.45, 2.75) is 251 Å². The topological polar surface area (TPSA) is 105 Å². The number of quaternary nitrogens is 1. The van der Waals surface area contributed by atoms with Crippen LogP contribution in [0.2, 0.25) is 0 Å². The van der Waals surface area contributed by atoms with Crippen molar-refractivity contribution in [1.29, 1.82) is 0 Å². The summed E-state index contributed by atoms with van der Waals surface area (Å²) in [5.41, 5.74) is 0. The van der Waals surface area contributed by atoms with E-state index in [1.165, 1.54) is 180 Å². The number of nitrogens with one attached hydrogen (secondary N) is 1. The van der Waals surface area contributed by atoms with E-state index in [-0.39, 0.29) is 19.1 Å². The maximum atomic E-state index is 12.7. The molecule has 3 N–H and O–H groups in total. The standard InChI is InChI=1S/C50H99N2O6P/c1-6-8-10-12-14-15-16-17-18-19-20-21-22-23-24-25-26-27-28-29-30-31-32-33-34-35-36-37-38-39-41-43-49(53)48(51-50(54)44-42-40-13-11-9-7-2)47-58-59(55,56)57-46-45-52(3,4)5/h36-37,41,43,48-49,53H,6-35,38-40,42,44-47H2,1-5H3,(H-,51,54,55,56)/p+1/b37-36+,43-41+. The first kappa shape index (κ1) is 58.0. The van der Waals surface area contributed by atoms with Crippen LogP contribution in [0.4, 0.5) is 0 Å². The van der Waals surface area contributed by atoms with Crippen LogP contribution in [0.1, 0.15) is 239 Å². The molecule has 0 saturated carbocycles. The summed E-state index contributed by atoms with van der Waals surface area (Å²) in [5.74, 6) is -0.195. The van der Waals surface area contributed by atoms with Gasteiger partial charge in [0.15, 0.2) is 0 Å². The number of carbonyl (C=O) groups is 1. The molecule has 0 heterocycles. The highest BCUT2D eigenvalue weighted by molar-refractivity contribution is 7.47. The maximum absolute atomic E-state index is 12.7. The van der Waals surface area contributed by atoms with Gasteiger partial charge in [-0.05, 0) is 32.1 Å². The summed E-state index contributed by atoms with van der Waals surface area (Å²) in [6, 6.07) is -0.856. The minimum Gasteiger partial charge on any atom is -0.387 e. The van der Waals surface area contributed by atoms with Gasteiger partial charge in [-0.25, -0.2) is 4.57 Å². The number of hydrogen-bond donors (Lipinski definition) is 3. The normalized spacial score (nSPS) is 14.4. The molecule has 0 aromatic rings. The fraction of sp³-hybridized carbons (Fsp3) is 0.900. The Labute approximate surface area is 366 Å². The molecule has 350 valence electrons. The molecule has 59 heavy (non-hydrogen) atoms. The van der Waals surface area contributed by atoms with Gasteiger partial charge in [-0.15, -0.1) is 0 Å². The molecule has 0 radical (unpaired) electrons. The molecular formula is C50H100N2O6P+. The van der Waals surface area contributed by atoms with Crippen LogP contribution in [0.15, 0.2) is 24.3 Å². The number of phosphoric acid groups is 1. The minimum absolute atomic E-state index is 0.0575. The lowest BCUT2D eigenvalue weighted by Gasteiger charge is -2.25. The van der Waals surface area contributed by atoms with Gasteiger partial charge in [-0.1, -0.05) is 224 Å². The van der Waals surface area contributed by atoms with Gasteiger partial charge >= 0.3 is 7.82 Å². The molecular weight excluding hydrogens is 756 g/mol. The Morgan fingerprint density at radius 3 is 1.36 bits per heavy atom. The smallest absolute Gasteiger partial charge is 0.387 e. The molecule has 0 fully saturated rings. The highest BCUT2D eigenvalue weighted by Crippen LogP contribution is 2.43. The summed E-state index contributed by atoms with van der Waals surface area (Å²) in [4.78, 5) is 22.9. The van der Waals surface area contributed by atoms with E-state index in [0.29, 0.717) is 17.4 Å². The van der Waals surface area contributed by atoms with Crippen molar-refractivity contribution in [3.8, 4) is 0 Å². The van der Waals surface area contributed by atoms with Crippen LogP contribution in [0.3, 0.4) is 0 Å². The molecule has 3 unspecified atom stereocenters. The number of hydrogen-bond acceptors (Lipinski definition) is 5. The number of aliphatic hydroxyl groups is 1. The fourth-order valence-electron chi connectivity index (χ4n) is 7.41. The van der Waals surface area contributed by atoms with E-state index >= 15 is 0 Å². The van der Waals surface area contributed by atoms with E-state index in [2.05, 4.69) is 31.3 Å². The molecule has 0 aliphatic carbocycles. The monoisotopic (exact) mass is 856 g/mol. The molecule has 0 bridgehead atoms. The number of amides is 1. The van der Waals surface area contributed by atoms with Gasteiger partial charge in [-0.3, -0.25) is 13.8 Å². The largest absolute Gasteiger partial charge is 0.472 e. The zero-order valence-corrected chi connectivity index (χ0v) is 40.7. The lowest BCUT2D eigenvalue weighted by atomic mass is 10.0. The quantitative estimate of drug-likeness (QED) is 0.0244. The second kappa shape index (κ2) is 42.3. The molecule has 0 aliphatic heterocycles. The Morgan fingerprint density at radius 1 is 0.559 bits per heavy atom. The van der Waals surface area contributed by atoms with Crippen LogP contribution in [0, 0.1) is 0 Å². The van der Waals surface area contributed by atoms with E-state index in [4.69, 9.17) is 9.05 Å². The Hall–Kier alpha value is -1.02. The maximum Gasteiger partial charge on any atom is 0.472 e. The summed E-state index contributed by atoms with van der Waals surface area (Å²) >= 11 is 0. The van der Waals surface area contributed by atoms with Crippen molar-refractivity contribution in [2.24, 2.45) is 0 Å². The number of allylic oxidation sites excluding steroid dienone is 3. The van der Waals surface area contributed by atoms with Crippen LogP contribution in [0.5, 0.6) is 0 Å². The van der Waals surface area contributed by atoms with Crippen molar-refractivity contribution in [1.82, 2.24) is 5.32 Å². The minimum atomic E-state index is -4.33. The summed E-state index contributed by atoms with van der Waals surface area (Å²) in [7, 11) is 1.56. The lowest BCUT2D eigenvalue weighted by molar-refractivity contribution is -0.870. The highest BCUT2D eigenvalue weighted by atomic mass is 31.2. The molecule has 0 saturated heterocycles. The number of likely N-dealkylation sites (N-methyl/N-ethyl adjacent to an activating group) is 1. The second-order valence-electron chi connectivity index (χ2n) is 18.5. The van der Waals surface area contributed by atoms with Crippen molar-refractivity contribution in [3.05, 3.63) is 24.3 Å². The van der Waals surface area contributed by atoms with Crippen LogP contribution < -0.4 is 5.32 Å². The van der Waals surface area contributed by atoms with Crippen molar-refractivity contribution in [3.63, 3.8) is 0 Å². The third kappa shape index (κ3) is 44.8. The Bertz CT molecular complexity index is 1020. The predicted molar refractivity (Wildman–Crippen MR) is 254 cm³/mol. The van der Waals surface area contributed by atoms with Crippen LogP contribution in [0.25, 0.3) is 0 Å². The Morgan fingerprint density at radius 2 is 0.932 bits per heavy atom. The van der Waals surface area contributed by atoms with Gasteiger partial charge in [0, 0.05) is 6.42 Å². The van der Waals surface area contributed by atoms with Crippen molar-refractivity contribution in [2.75, 3.05) is 40.9 Å². The third-order valence-corrected chi connectivity index (χ3v) is 12.4. The van der Waals surface area contributed by atoms with Crippen molar-refractivity contribution >= 4 is 13.7 Å². The number of rotatable bonds is 46. The molecule has 3 atom stereocenters. The first-order valence-corrected chi connectivity index (χ1v) is 26.7. The van der Waals surface area contributed by atoms with E-state index in [1.54, 1.807) is 6.08 Å². The molecule has 8 nitrogen and oxygen atoms in total. The molecule has 0 spiro atoms. The average Bonchev–Trinajstić information content (AvgIpc) is 3.19. The molecule has 0 aromatic carbocycles. The first-order valence-electron chi connectivity index (χ1n) is 25.2. The lowest BCUT2D eigenvalue weighted by Crippen LogP contribution is -2.45. The summed E-state index contributed by atoms with van der Waals surface area (Å²) in [6.45, 7) is 4.74. The van der Waals surface area contributed by atoms with Gasteiger partial charge in [0.2, 0.25) is 5.91 Å². The Balaban J connectivity index is 3.98. The highest BCUT2D eigenvalue weighted by Gasteiger charge is 2.27. The molecule has 9 heteroatoms. The SMILES string of the molecule is CCCCCCCCCCCCCCCCCCCCCCCCCCC/C=C/CC/C=C/C(O)C(COP(=O)(O)OCC[N+](C)(C)C)NC(=O)CCCCCCCC. The zero-order chi connectivity index (χ0) is 43.6. The summed E-state index contributed by atoms with van der Waals surface area (Å²) < 4.78 is 23.4. The molecule has 1 amide bonds. The molecule has 0 rings (SSSR count). The first-order chi connectivity index (χ1) is 28.5. The van der Waals surface area contributed by atoms with Gasteiger partial charge in [0.05, 0.1) is 39.9 Å². The zero-order valence-electron chi connectivity index (χ0n) is 39.8. The van der Waals surface area contributed by atoms with E-state index in [0.717, 1.165) is 38.5 Å². The van der Waals surface area contributed by atoms with Crippen molar-refractivity contribution < 1.29 is 32.9 Å². The van der Waals surface area contributed by atoms with E-state index in [9.17, 15) is 19.4 Å². The number of unbranched alkanes of at least 4 members (excludes halogenated alkanes) is 31. The molecule has 0 aliphatic rings. The van der Waals surface area contributed by atoms with E-state index < -0.39 is 20.0 Å². The van der Waals surface area contributed by atoms with E-state index in [1.807, 2.05) is 27.2 Å². The van der Waals surface area contributed by atoms with Gasteiger partial charge in [0.25, 0.3) is 0 Å². The number of carbonyl (C=O) groups excluding carboxylic acids is 1. The van der Waals surface area contributed by atoms with Gasteiger partial charge in [0.1, 0.15) is 13.2 Å². The summed E-state index contributed by atoms with van der Waals surface area (Å²) in [5, 5.41) is 13.7. The van der Waals surface area contributed by atoms with Crippen LogP contribution in [-0.2, 0) is 18.4 Å².